The lowest BCUT2D eigenvalue weighted by Gasteiger charge is -2.06. The molecule has 0 bridgehead atoms. The predicted octanol–water partition coefficient (Wildman–Crippen LogP) is 3.87. The molecule has 0 aliphatic rings. The van der Waals surface area contributed by atoms with Crippen LogP contribution in [0.5, 0.6) is 5.75 Å². The van der Waals surface area contributed by atoms with Gasteiger partial charge < -0.3 is 14.0 Å². The molecule has 1 amide bonds. The molecule has 3 aromatic rings. The summed E-state index contributed by atoms with van der Waals surface area (Å²) in [5.41, 5.74) is 2.69. The number of benzene rings is 2. The van der Waals surface area contributed by atoms with Crippen LogP contribution in [0.1, 0.15) is 18.1 Å². The second-order valence-electron chi connectivity index (χ2n) is 6.33. The second-order valence-corrected chi connectivity index (χ2v) is 7.34. The Balaban J connectivity index is 1.91. The van der Waals surface area contributed by atoms with Crippen LogP contribution in [-0.2, 0) is 22.5 Å². The van der Waals surface area contributed by atoms with E-state index in [0.29, 0.717) is 24.6 Å². The molecule has 2 aromatic carbocycles. The molecule has 0 aliphatic carbocycles. The topological polar surface area (TPSA) is 52.8 Å². The average Bonchev–Trinajstić information content (AvgIpc) is 2.98. The van der Waals surface area contributed by atoms with Gasteiger partial charge in [-0.1, -0.05) is 23.5 Å². The summed E-state index contributed by atoms with van der Waals surface area (Å²) in [6.07, 6.45) is 0.193. The largest absolute Gasteiger partial charge is 0.496 e. The molecule has 148 valence electrons. The Bertz CT molecular complexity index is 1060. The molecule has 0 saturated heterocycles. The molecule has 0 radical (unpaired) electrons. The number of rotatable bonds is 7. The molecule has 0 aliphatic heterocycles. The number of amides is 1. The van der Waals surface area contributed by atoms with E-state index < -0.39 is 0 Å². The maximum absolute atomic E-state index is 13.6. The summed E-state index contributed by atoms with van der Waals surface area (Å²) in [6.45, 7) is 5.52. The van der Waals surface area contributed by atoms with E-state index >= 15 is 0 Å². The zero-order chi connectivity index (χ0) is 20.1. The third-order valence-corrected chi connectivity index (χ3v) is 5.38. The van der Waals surface area contributed by atoms with Gasteiger partial charge >= 0.3 is 0 Å². The third kappa shape index (κ3) is 4.66. The summed E-state index contributed by atoms with van der Waals surface area (Å²) in [5.74, 6) is 0.229. The first-order valence-electron chi connectivity index (χ1n) is 9.09. The van der Waals surface area contributed by atoms with Gasteiger partial charge in [-0.3, -0.25) is 4.79 Å². The number of thiazole rings is 1. The van der Waals surface area contributed by atoms with Gasteiger partial charge in [0, 0.05) is 13.2 Å². The van der Waals surface area contributed by atoms with Crippen molar-refractivity contribution in [2.24, 2.45) is 4.99 Å². The Hall–Kier alpha value is -2.51. The van der Waals surface area contributed by atoms with E-state index in [1.807, 2.05) is 36.6 Å². The Morgan fingerprint density at radius 2 is 2.07 bits per heavy atom. The van der Waals surface area contributed by atoms with E-state index in [2.05, 4.69) is 4.99 Å². The van der Waals surface area contributed by atoms with Gasteiger partial charge in [0.2, 0.25) is 0 Å². The Morgan fingerprint density at radius 1 is 1.25 bits per heavy atom. The molecule has 1 heterocycles. The number of halogens is 1. The average molecular weight is 402 g/mol. The van der Waals surface area contributed by atoms with Gasteiger partial charge in [-0.15, -0.1) is 0 Å². The summed E-state index contributed by atoms with van der Waals surface area (Å²) in [4.78, 5) is 17.4. The van der Waals surface area contributed by atoms with Crippen molar-refractivity contribution in [3.8, 4) is 5.75 Å². The van der Waals surface area contributed by atoms with Crippen LogP contribution < -0.4 is 9.54 Å². The van der Waals surface area contributed by atoms with Crippen molar-refractivity contribution in [1.29, 1.82) is 0 Å². The Kier molecular flexibility index (Phi) is 6.59. The second kappa shape index (κ2) is 9.12. The molecule has 7 heteroatoms. The van der Waals surface area contributed by atoms with E-state index in [1.165, 1.54) is 23.5 Å². The molecule has 0 N–H and O–H groups in total. The molecular formula is C21H23FN2O3S. The van der Waals surface area contributed by atoms with E-state index in [1.54, 1.807) is 13.2 Å². The minimum atomic E-state index is -0.308. The standard InChI is InChI=1S/C21H23FN2O3S/c1-4-27-10-9-24-17-7-6-16(22)13-19(17)28-21(24)23-20(25)12-15-5-8-18(26-3)14(2)11-15/h5-8,11,13H,4,9-10,12H2,1-3H3. The number of carbonyl (C=O) groups excluding carboxylic acids is 1. The normalized spacial score (nSPS) is 11.9. The lowest BCUT2D eigenvalue weighted by molar-refractivity contribution is -0.117. The quantitative estimate of drug-likeness (QED) is 0.564. The van der Waals surface area contributed by atoms with E-state index in [-0.39, 0.29) is 18.1 Å². The fraction of sp³-hybridized carbons (Fsp3) is 0.333. The number of hydrogen-bond acceptors (Lipinski definition) is 4. The highest BCUT2D eigenvalue weighted by molar-refractivity contribution is 7.16. The number of nitrogens with zero attached hydrogens (tertiary/aromatic N) is 2. The maximum atomic E-state index is 13.6. The SMILES string of the molecule is CCOCCn1c(=NC(=O)Cc2ccc(OC)c(C)c2)sc2cc(F)ccc21. The van der Waals surface area contributed by atoms with Crippen LogP contribution in [0.25, 0.3) is 10.2 Å². The molecular weight excluding hydrogens is 379 g/mol. The van der Waals surface area contributed by atoms with Gasteiger partial charge in [0.25, 0.3) is 5.91 Å². The molecule has 5 nitrogen and oxygen atoms in total. The van der Waals surface area contributed by atoms with Crippen LogP contribution in [0, 0.1) is 12.7 Å². The summed E-state index contributed by atoms with van der Waals surface area (Å²) in [7, 11) is 1.62. The van der Waals surface area contributed by atoms with Crippen molar-refractivity contribution in [2.45, 2.75) is 26.8 Å². The predicted molar refractivity (Wildman–Crippen MR) is 108 cm³/mol. The molecule has 28 heavy (non-hydrogen) atoms. The lowest BCUT2D eigenvalue weighted by atomic mass is 10.1. The van der Waals surface area contributed by atoms with Crippen LogP contribution in [-0.4, -0.2) is 30.8 Å². The minimum Gasteiger partial charge on any atom is -0.496 e. The van der Waals surface area contributed by atoms with Crippen molar-refractivity contribution < 1.29 is 18.7 Å². The van der Waals surface area contributed by atoms with E-state index in [0.717, 1.165) is 27.1 Å². The number of fused-ring (bicyclic) bond motifs is 1. The molecule has 0 unspecified atom stereocenters. The number of methoxy groups -OCH3 is 1. The summed E-state index contributed by atoms with van der Waals surface area (Å²) >= 11 is 1.30. The van der Waals surface area contributed by atoms with Crippen molar-refractivity contribution >= 4 is 27.5 Å². The Morgan fingerprint density at radius 3 is 2.79 bits per heavy atom. The highest BCUT2D eigenvalue weighted by Gasteiger charge is 2.10. The van der Waals surface area contributed by atoms with Crippen molar-refractivity contribution in [1.82, 2.24) is 4.57 Å². The van der Waals surface area contributed by atoms with Gasteiger partial charge in [0.15, 0.2) is 4.80 Å². The van der Waals surface area contributed by atoms with Gasteiger partial charge in [-0.2, -0.15) is 4.99 Å². The van der Waals surface area contributed by atoms with Crippen molar-refractivity contribution in [3.05, 3.63) is 58.1 Å². The fourth-order valence-electron chi connectivity index (χ4n) is 3.02. The number of hydrogen-bond donors (Lipinski definition) is 0. The number of aryl methyl sites for hydroxylation is 1. The zero-order valence-corrected chi connectivity index (χ0v) is 17.0. The smallest absolute Gasteiger partial charge is 0.252 e. The number of ether oxygens (including phenoxy) is 2. The Labute approximate surface area is 167 Å². The molecule has 0 spiro atoms. The first-order valence-corrected chi connectivity index (χ1v) is 9.91. The summed E-state index contributed by atoms with van der Waals surface area (Å²) in [6, 6.07) is 10.2. The van der Waals surface area contributed by atoms with Crippen LogP contribution in [0.2, 0.25) is 0 Å². The molecule has 0 atom stereocenters. The van der Waals surface area contributed by atoms with E-state index in [4.69, 9.17) is 9.47 Å². The summed E-state index contributed by atoms with van der Waals surface area (Å²) in [5, 5.41) is 0. The van der Waals surface area contributed by atoms with Crippen LogP contribution in [0.4, 0.5) is 4.39 Å². The molecule has 1 aromatic heterocycles. The monoisotopic (exact) mass is 402 g/mol. The first kappa shape index (κ1) is 20.2. The van der Waals surface area contributed by atoms with Crippen LogP contribution >= 0.6 is 11.3 Å². The van der Waals surface area contributed by atoms with Gasteiger partial charge in [0.05, 0.1) is 30.4 Å². The van der Waals surface area contributed by atoms with Gasteiger partial charge in [-0.05, 0) is 49.2 Å². The van der Waals surface area contributed by atoms with Crippen LogP contribution in [0.15, 0.2) is 41.4 Å². The minimum absolute atomic E-state index is 0.193. The third-order valence-electron chi connectivity index (χ3n) is 4.34. The first-order chi connectivity index (χ1) is 13.5. The molecule has 0 saturated carbocycles. The summed E-state index contributed by atoms with van der Waals surface area (Å²) < 4.78 is 27.0. The van der Waals surface area contributed by atoms with Crippen molar-refractivity contribution in [2.75, 3.05) is 20.3 Å². The highest BCUT2D eigenvalue weighted by Crippen LogP contribution is 2.20. The number of carbonyl (C=O) groups is 1. The zero-order valence-electron chi connectivity index (χ0n) is 16.2. The molecule has 3 rings (SSSR count). The lowest BCUT2D eigenvalue weighted by Crippen LogP contribution is -2.20. The van der Waals surface area contributed by atoms with Crippen molar-refractivity contribution in [3.63, 3.8) is 0 Å². The van der Waals surface area contributed by atoms with Gasteiger partial charge in [0.1, 0.15) is 11.6 Å². The highest BCUT2D eigenvalue weighted by atomic mass is 32.1. The van der Waals surface area contributed by atoms with Gasteiger partial charge in [-0.25, -0.2) is 4.39 Å². The number of aromatic nitrogens is 1. The maximum Gasteiger partial charge on any atom is 0.252 e. The van der Waals surface area contributed by atoms with E-state index in [9.17, 15) is 9.18 Å². The van der Waals surface area contributed by atoms with Crippen LogP contribution in [0.3, 0.4) is 0 Å². The molecule has 0 fully saturated rings. The fourth-order valence-corrected chi connectivity index (χ4v) is 4.12.